The third kappa shape index (κ3) is 5.54. The number of amides is 1. The number of hydroxylamine groups is 2. The number of nitrogens with zero attached hydrogens (tertiary/aromatic N) is 1. The van der Waals surface area contributed by atoms with Gasteiger partial charge in [-0.2, -0.15) is 5.06 Å². The predicted molar refractivity (Wildman–Crippen MR) is 135 cm³/mol. The molecule has 0 aromatic heterocycles. The molecule has 198 valence electrons. The summed E-state index contributed by atoms with van der Waals surface area (Å²) < 4.78 is 20.1. The van der Waals surface area contributed by atoms with Crippen LogP contribution in [-0.4, -0.2) is 59.2 Å². The number of hydrogen-bond acceptors (Lipinski definition) is 6. The van der Waals surface area contributed by atoms with E-state index in [1.807, 2.05) is 0 Å². The quantitative estimate of drug-likeness (QED) is 0.470. The summed E-state index contributed by atoms with van der Waals surface area (Å²) in [6, 6.07) is 1.75. The van der Waals surface area contributed by atoms with E-state index in [1.54, 1.807) is 6.92 Å². The fraction of sp³-hybridized carbons (Fsp3) is 0.731. The Labute approximate surface area is 216 Å². The molecule has 1 saturated carbocycles. The summed E-state index contributed by atoms with van der Waals surface area (Å²) in [5.74, 6) is 0.131. The number of methoxy groups -OCH3 is 1. The highest BCUT2D eigenvalue weighted by atomic mass is 79.9. The van der Waals surface area contributed by atoms with E-state index in [0.29, 0.717) is 27.6 Å². The molecule has 0 bridgehead atoms. The third-order valence-corrected chi connectivity index (χ3v) is 9.39. The van der Waals surface area contributed by atoms with Gasteiger partial charge in [0.2, 0.25) is 5.91 Å². The summed E-state index contributed by atoms with van der Waals surface area (Å²) in [7, 11) is 1.49. The van der Waals surface area contributed by atoms with Crippen molar-refractivity contribution in [2.75, 3.05) is 13.7 Å². The fourth-order valence-corrected chi connectivity index (χ4v) is 6.47. The van der Waals surface area contributed by atoms with Crippen molar-refractivity contribution in [2.45, 2.75) is 78.8 Å². The van der Waals surface area contributed by atoms with Gasteiger partial charge in [0.25, 0.3) is 0 Å². The molecular weight excluding hydrogens is 519 g/mol. The Morgan fingerprint density at radius 1 is 1.37 bits per heavy atom. The second-order valence-electron chi connectivity index (χ2n) is 11.0. The molecule has 0 unspecified atom stereocenters. The number of hydrogen-bond donors (Lipinski definition) is 3. The van der Waals surface area contributed by atoms with Crippen LogP contribution in [0.4, 0.5) is 4.39 Å². The lowest BCUT2D eigenvalue weighted by Gasteiger charge is -2.50. The smallest absolute Gasteiger partial charge is 0.240 e. The molecule has 1 heterocycles. The van der Waals surface area contributed by atoms with Gasteiger partial charge in [-0.1, -0.05) is 34.6 Å². The van der Waals surface area contributed by atoms with E-state index >= 15 is 0 Å². The summed E-state index contributed by atoms with van der Waals surface area (Å²) in [6.07, 6.45) is -0.824. The van der Waals surface area contributed by atoms with Crippen molar-refractivity contribution >= 4 is 21.8 Å². The van der Waals surface area contributed by atoms with Crippen LogP contribution in [0.2, 0.25) is 0 Å². The maximum absolute atomic E-state index is 14.2. The van der Waals surface area contributed by atoms with E-state index in [2.05, 4.69) is 55.9 Å². The molecule has 3 N–H and O–H groups in total. The van der Waals surface area contributed by atoms with Crippen LogP contribution in [0.25, 0.3) is 0 Å². The molecule has 3 rings (SSSR count). The van der Waals surface area contributed by atoms with Gasteiger partial charge in [0.15, 0.2) is 0 Å². The van der Waals surface area contributed by atoms with Crippen molar-refractivity contribution < 1.29 is 29.0 Å². The van der Waals surface area contributed by atoms with Crippen LogP contribution in [0.15, 0.2) is 16.6 Å². The van der Waals surface area contributed by atoms with Crippen LogP contribution in [0.3, 0.4) is 0 Å². The van der Waals surface area contributed by atoms with Gasteiger partial charge in [-0.05, 0) is 64.6 Å². The Hall–Kier alpha value is -1.26. The van der Waals surface area contributed by atoms with Crippen LogP contribution in [0.5, 0.6) is 5.75 Å². The minimum atomic E-state index is -0.908. The lowest BCUT2D eigenvalue weighted by atomic mass is 9.58. The number of aliphatic hydroxyl groups is 2. The number of rotatable bonds is 7. The Morgan fingerprint density at radius 2 is 2.03 bits per heavy atom. The minimum Gasteiger partial charge on any atom is -0.495 e. The normalized spacial score (nSPS) is 34.0. The Bertz CT molecular complexity index is 914. The first kappa shape index (κ1) is 28.3. The van der Waals surface area contributed by atoms with E-state index in [0.717, 1.165) is 6.42 Å². The molecule has 8 atom stereocenters. The molecule has 35 heavy (non-hydrogen) atoms. The number of carbonyl (C=O) groups is 1. The van der Waals surface area contributed by atoms with Crippen LogP contribution >= 0.6 is 15.9 Å². The highest BCUT2D eigenvalue weighted by Gasteiger charge is 2.51. The summed E-state index contributed by atoms with van der Waals surface area (Å²) in [4.78, 5) is 19.7. The lowest BCUT2D eigenvalue weighted by molar-refractivity contribution is -0.182. The van der Waals surface area contributed by atoms with Crippen molar-refractivity contribution in [1.29, 1.82) is 0 Å². The zero-order valence-electron chi connectivity index (χ0n) is 21.7. The fourth-order valence-electron chi connectivity index (χ4n) is 5.84. The number of benzene rings is 1. The monoisotopic (exact) mass is 558 g/mol. The standard InChI is InChI=1S/C26H40BrFN2O5/c1-13-8-20(14(2)15(3)26(13,5)6)29-25(33)23-22(16(4)32)21(12-31)35-30(23)11-17-9-18(28)10-19(27)24(17)34-7/h9-10,13-16,20-23,31-32H,8,11-12H2,1-7H3,(H,29,33)/t13-,14+,15+,16+,20+,21+,22-,23+/m1/s1. The summed E-state index contributed by atoms with van der Waals surface area (Å²) in [5, 5.41) is 25.2. The lowest BCUT2D eigenvalue weighted by Crippen LogP contribution is -2.56. The second kappa shape index (κ2) is 11.0. The molecule has 1 aromatic rings. The summed E-state index contributed by atoms with van der Waals surface area (Å²) >= 11 is 3.32. The Kier molecular flexibility index (Phi) is 8.90. The Balaban J connectivity index is 1.91. The van der Waals surface area contributed by atoms with Crippen LogP contribution in [0.1, 0.15) is 53.5 Å². The molecule has 2 fully saturated rings. The van der Waals surface area contributed by atoms with Crippen molar-refractivity contribution in [3.05, 3.63) is 28.0 Å². The molecular formula is C26H40BrFN2O5. The van der Waals surface area contributed by atoms with Crippen molar-refractivity contribution in [1.82, 2.24) is 10.4 Å². The molecule has 1 aromatic carbocycles. The zero-order valence-corrected chi connectivity index (χ0v) is 23.3. The van der Waals surface area contributed by atoms with Gasteiger partial charge in [0.05, 0.1) is 30.8 Å². The number of ether oxygens (including phenoxy) is 1. The first-order valence-corrected chi connectivity index (χ1v) is 13.2. The summed E-state index contributed by atoms with van der Waals surface area (Å²) in [6.45, 7) is 12.5. The van der Waals surface area contributed by atoms with Gasteiger partial charge in [0, 0.05) is 17.5 Å². The molecule has 1 saturated heterocycles. The van der Waals surface area contributed by atoms with E-state index in [1.165, 1.54) is 24.3 Å². The molecule has 7 nitrogen and oxygen atoms in total. The molecule has 1 aliphatic heterocycles. The average Bonchev–Trinajstić information content (AvgIpc) is 3.14. The highest BCUT2D eigenvalue weighted by Crippen LogP contribution is 2.47. The Morgan fingerprint density at radius 3 is 2.60 bits per heavy atom. The number of nitrogens with one attached hydrogen (secondary N) is 1. The van der Waals surface area contributed by atoms with Gasteiger partial charge >= 0.3 is 0 Å². The van der Waals surface area contributed by atoms with Gasteiger partial charge in [-0.3, -0.25) is 9.63 Å². The van der Waals surface area contributed by atoms with E-state index in [4.69, 9.17) is 9.57 Å². The first-order valence-electron chi connectivity index (χ1n) is 12.4. The van der Waals surface area contributed by atoms with E-state index in [-0.39, 0.29) is 36.4 Å². The van der Waals surface area contributed by atoms with Crippen LogP contribution in [0, 0.1) is 34.9 Å². The van der Waals surface area contributed by atoms with Gasteiger partial charge < -0.3 is 20.3 Å². The van der Waals surface area contributed by atoms with Gasteiger partial charge in [-0.25, -0.2) is 4.39 Å². The second-order valence-corrected chi connectivity index (χ2v) is 11.8. The van der Waals surface area contributed by atoms with Crippen molar-refractivity contribution in [3.8, 4) is 5.75 Å². The molecule has 0 spiro atoms. The molecule has 1 amide bonds. The maximum Gasteiger partial charge on any atom is 0.240 e. The largest absolute Gasteiger partial charge is 0.495 e. The van der Waals surface area contributed by atoms with Crippen LogP contribution in [-0.2, 0) is 16.2 Å². The maximum atomic E-state index is 14.2. The topological polar surface area (TPSA) is 91.3 Å². The molecule has 0 radical (unpaired) electrons. The highest BCUT2D eigenvalue weighted by molar-refractivity contribution is 9.10. The SMILES string of the molecule is COc1c(Br)cc(F)cc1CN1O[C@@H](CO)[C@@H]([C@H](C)O)[C@H]1C(=O)N[C@H]1C[C@@H](C)C(C)(C)[C@@H](C)[C@@H]1C. The third-order valence-electron chi connectivity index (χ3n) is 8.80. The first-order chi connectivity index (χ1) is 16.3. The molecule has 2 aliphatic rings. The number of aliphatic hydroxyl groups excluding tert-OH is 2. The average molecular weight is 560 g/mol. The summed E-state index contributed by atoms with van der Waals surface area (Å²) in [5.41, 5.74) is 0.643. The zero-order chi connectivity index (χ0) is 26.2. The van der Waals surface area contributed by atoms with Gasteiger partial charge in [-0.15, -0.1) is 0 Å². The van der Waals surface area contributed by atoms with Gasteiger partial charge in [0.1, 0.15) is 23.7 Å². The molecule has 9 heteroatoms. The van der Waals surface area contributed by atoms with E-state index in [9.17, 15) is 19.4 Å². The molecule has 1 aliphatic carbocycles. The predicted octanol–water partition coefficient (Wildman–Crippen LogP) is 3.89. The number of halogens is 2. The number of carbonyl (C=O) groups excluding carboxylic acids is 1. The van der Waals surface area contributed by atoms with E-state index < -0.39 is 30.0 Å². The van der Waals surface area contributed by atoms with Crippen LogP contribution < -0.4 is 10.1 Å². The van der Waals surface area contributed by atoms with Crippen molar-refractivity contribution in [2.24, 2.45) is 29.1 Å². The van der Waals surface area contributed by atoms with Crippen molar-refractivity contribution in [3.63, 3.8) is 0 Å². The minimum absolute atomic E-state index is 0.0250.